The molecular weight excluding hydrogens is 266 g/mol. The second-order valence-electron chi connectivity index (χ2n) is 4.19. The maximum Gasteiger partial charge on any atom is 0.212 e. The van der Waals surface area contributed by atoms with Crippen LogP contribution in [0, 0.1) is 0 Å². The van der Waals surface area contributed by atoms with Crippen molar-refractivity contribution in [3.05, 3.63) is 30.1 Å². The standard InChI is InChI=1S/C12H17N3O3S/c1-18-7-4-8-19(16,17)13-9-12-14-10-5-2-3-6-11(10)15-12/h2-3,5-6,13H,4,7-9H2,1H3,(H,14,15). The number of para-hydroxylation sites is 2. The van der Waals surface area contributed by atoms with E-state index in [-0.39, 0.29) is 12.3 Å². The minimum Gasteiger partial charge on any atom is -0.385 e. The summed E-state index contributed by atoms with van der Waals surface area (Å²) in [5.74, 6) is 0.665. The lowest BCUT2D eigenvalue weighted by atomic mass is 10.3. The molecule has 2 rings (SSSR count). The predicted octanol–water partition coefficient (Wildman–Crippen LogP) is 1.02. The van der Waals surface area contributed by atoms with E-state index in [1.807, 2.05) is 24.3 Å². The number of nitrogens with one attached hydrogen (secondary N) is 2. The fourth-order valence-electron chi connectivity index (χ4n) is 1.73. The molecule has 0 aliphatic rings. The SMILES string of the molecule is COCCCS(=O)(=O)NCc1nc2ccccc2[nH]1. The predicted molar refractivity (Wildman–Crippen MR) is 73.2 cm³/mol. The van der Waals surface area contributed by atoms with Crippen molar-refractivity contribution in [1.82, 2.24) is 14.7 Å². The van der Waals surface area contributed by atoms with Crippen LogP contribution in [0.25, 0.3) is 11.0 Å². The summed E-state index contributed by atoms with van der Waals surface area (Å²) >= 11 is 0. The van der Waals surface area contributed by atoms with Crippen LogP contribution < -0.4 is 4.72 Å². The van der Waals surface area contributed by atoms with E-state index in [1.54, 1.807) is 7.11 Å². The molecular formula is C12H17N3O3S. The van der Waals surface area contributed by atoms with Crippen LogP contribution in [-0.4, -0.2) is 37.9 Å². The van der Waals surface area contributed by atoms with Gasteiger partial charge in [0.2, 0.25) is 10.0 Å². The Bertz CT molecular complexity index is 603. The van der Waals surface area contributed by atoms with Crippen LogP contribution in [0.2, 0.25) is 0 Å². The first-order chi connectivity index (χ1) is 9.11. The zero-order chi connectivity index (χ0) is 13.7. The quantitative estimate of drug-likeness (QED) is 0.743. The van der Waals surface area contributed by atoms with Crippen LogP contribution in [0.1, 0.15) is 12.2 Å². The minimum atomic E-state index is -3.28. The molecule has 0 aliphatic heterocycles. The van der Waals surface area contributed by atoms with Gasteiger partial charge in [0.25, 0.3) is 0 Å². The van der Waals surface area contributed by atoms with Gasteiger partial charge in [-0.3, -0.25) is 0 Å². The number of nitrogens with zero attached hydrogens (tertiary/aromatic N) is 1. The zero-order valence-electron chi connectivity index (χ0n) is 10.7. The van der Waals surface area contributed by atoms with E-state index in [9.17, 15) is 8.42 Å². The Morgan fingerprint density at radius 1 is 1.37 bits per heavy atom. The summed E-state index contributed by atoms with van der Waals surface area (Å²) in [4.78, 5) is 7.38. The monoisotopic (exact) mass is 283 g/mol. The number of aromatic amines is 1. The number of rotatable bonds is 7. The van der Waals surface area contributed by atoms with Gasteiger partial charge in [0.05, 0.1) is 23.3 Å². The van der Waals surface area contributed by atoms with E-state index in [2.05, 4.69) is 14.7 Å². The van der Waals surface area contributed by atoms with Gasteiger partial charge in [0.15, 0.2) is 0 Å². The molecule has 0 amide bonds. The molecule has 6 nitrogen and oxygen atoms in total. The molecule has 2 N–H and O–H groups in total. The fourth-order valence-corrected chi connectivity index (χ4v) is 2.73. The molecule has 1 aromatic heterocycles. The average Bonchev–Trinajstić information content (AvgIpc) is 2.79. The maximum atomic E-state index is 11.7. The Balaban J connectivity index is 1.94. The Morgan fingerprint density at radius 3 is 2.89 bits per heavy atom. The van der Waals surface area contributed by atoms with Gasteiger partial charge in [0.1, 0.15) is 5.82 Å². The molecule has 7 heteroatoms. The number of ether oxygens (including phenoxy) is 1. The van der Waals surface area contributed by atoms with Crippen LogP contribution in [0.3, 0.4) is 0 Å². The topological polar surface area (TPSA) is 84.1 Å². The Hall–Kier alpha value is -1.44. The van der Waals surface area contributed by atoms with E-state index in [1.165, 1.54) is 0 Å². The highest BCUT2D eigenvalue weighted by atomic mass is 32.2. The molecule has 0 saturated heterocycles. The molecule has 0 fully saturated rings. The summed E-state index contributed by atoms with van der Waals surface area (Å²) in [7, 11) is -1.73. The van der Waals surface area contributed by atoms with Gasteiger partial charge in [-0.2, -0.15) is 0 Å². The van der Waals surface area contributed by atoms with Gasteiger partial charge >= 0.3 is 0 Å². The van der Waals surface area contributed by atoms with E-state index in [0.29, 0.717) is 18.9 Å². The van der Waals surface area contributed by atoms with Gasteiger partial charge in [0, 0.05) is 13.7 Å². The number of benzene rings is 1. The number of hydrogen-bond donors (Lipinski definition) is 2. The zero-order valence-corrected chi connectivity index (χ0v) is 11.5. The number of methoxy groups -OCH3 is 1. The molecule has 19 heavy (non-hydrogen) atoms. The smallest absolute Gasteiger partial charge is 0.212 e. The van der Waals surface area contributed by atoms with E-state index in [0.717, 1.165) is 11.0 Å². The number of fused-ring (bicyclic) bond motifs is 1. The van der Waals surface area contributed by atoms with Crippen molar-refractivity contribution in [2.45, 2.75) is 13.0 Å². The molecule has 0 spiro atoms. The van der Waals surface area contributed by atoms with Gasteiger partial charge in [-0.05, 0) is 18.6 Å². The first-order valence-electron chi connectivity index (χ1n) is 6.00. The molecule has 0 bridgehead atoms. The first kappa shape index (κ1) is 14.0. The number of aromatic nitrogens is 2. The van der Waals surface area contributed by atoms with Gasteiger partial charge in [-0.15, -0.1) is 0 Å². The summed E-state index contributed by atoms with van der Waals surface area (Å²) in [5.41, 5.74) is 1.73. The summed E-state index contributed by atoms with van der Waals surface area (Å²) in [6, 6.07) is 7.57. The van der Waals surface area contributed by atoms with Crippen molar-refractivity contribution in [1.29, 1.82) is 0 Å². The molecule has 2 aromatic rings. The second-order valence-corrected chi connectivity index (χ2v) is 6.11. The lowest BCUT2D eigenvalue weighted by molar-refractivity contribution is 0.199. The number of imidazole rings is 1. The van der Waals surface area contributed by atoms with Crippen molar-refractivity contribution in [3.8, 4) is 0 Å². The minimum absolute atomic E-state index is 0.0566. The van der Waals surface area contributed by atoms with Crippen molar-refractivity contribution >= 4 is 21.1 Å². The summed E-state index contributed by atoms with van der Waals surface area (Å²) in [6.07, 6.45) is 0.478. The lowest BCUT2D eigenvalue weighted by Gasteiger charge is -2.04. The highest BCUT2D eigenvalue weighted by molar-refractivity contribution is 7.89. The van der Waals surface area contributed by atoms with Gasteiger partial charge in [-0.1, -0.05) is 12.1 Å². The largest absolute Gasteiger partial charge is 0.385 e. The number of H-pyrrole nitrogens is 1. The highest BCUT2D eigenvalue weighted by Gasteiger charge is 2.11. The summed E-state index contributed by atoms with van der Waals surface area (Å²) in [5, 5.41) is 0. The molecule has 0 saturated carbocycles. The van der Waals surface area contributed by atoms with Crippen molar-refractivity contribution in [2.24, 2.45) is 0 Å². The van der Waals surface area contributed by atoms with Crippen LogP contribution in [0.5, 0.6) is 0 Å². The van der Waals surface area contributed by atoms with Crippen molar-refractivity contribution in [3.63, 3.8) is 0 Å². The van der Waals surface area contributed by atoms with Crippen molar-refractivity contribution in [2.75, 3.05) is 19.5 Å². The fraction of sp³-hybridized carbons (Fsp3) is 0.417. The Labute approximate surface area is 112 Å². The van der Waals surface area contributed by atoms with Crippen molar-refractivity contribution < 1.29 is 13.2 Å². The van der Waals surface area contributed by atoms with Crippen LogP contribution >= 0.6 is 0 Å². The lowest BCUT2D eigenvalue weighted by Crippen LogP contribution is -2.26. The van der Waals surface area contributed by atoms with E-state index >= 15 is 0 Å². The number of hydrogen-bond acceptors (Lipinski definition) is 4. The summed E-state index contributed by atoms with van der Waals surface area (Å²) < 4.78 is 30.7. The molecule has 0 unspecified atom stereocenters. The number of sulfonamides is 1. The van der Waals surface area contributed by atoms with Crippen LogP contribution in [-0.2, 0) is 21.3 Å². The molecule has 104 valence electrons. The Morgan fingerprint density at radius 2 is 2.16 bits per heavy atom. The van der Waals surface area contributed by atoms with Crippen LogP contribution in [0.4, 0.5) is 0 Å². The molecule has 0 aliphatic carbocycles. The molecule has 1 aromatic carbocycles. The Kier molecular flexibility index (Phi) is 4.52. The van der Waals surface area contributed by atoms with Gasteiger partial charge in [-0.25, -0.2) is 18.1 Å². The molecule has 0 radical (unpaired) electrons. The third-order valence-electron chi connectivity index (χ3n) is 2.66. The maximum absolute atomic E-state index is 11.7. The average molecular weight is 283 g/mol. The summed E-state index contributed by atoms with van der Waals surface area (Å²) in [6.45, 7) is 0.607. The highest BCUT2D eigenvalue weighted by Crippen LogP contribution is 2.10. The van der Waals surface area contributed by atoms with E-state index in [4.69, 9.17) is 4.74 Å². The van der Waals surface area contributed by atoms with Crippen LogP contribution in [0.15, 0.2) is 24.3 Å². The van der Waals surface area contributed by atoms with Gasteiger partial charge < -0.3 is 9.72 Å². The van der Waals surface area contributed by atoms with E-state index < -0.39 is 10.0 Å². The second kappa shape index (κ2) is 6.14. The third kappa shape index (κ3) is 4.02. The third-order valence-corrected chi connectivity index (χ3v) is 4.07. The first-order valence-corrected chi connectivity index (χ1v) is 7.66. The normalized spacial score (nSPS) is 12.1. The molecule has 1 heterocycles. The molecule has 0 atom stereocenters.